The van der Waals surface area contributed by atoms with Gasteiger partial charge in [0.15, 0.2) is 0 Å². The van der Waals surface area contributed by atoms with Crippen molar-refractivity contribution in [1.82, 2.24) is 9.88 Å². The van der Waals surface area contributed by atoms with Gasteiger partial charge in [0.25, 0.3) is 5.91 Å². The summed E-state index contributed by atoms with van der Waals surface area (Å²) in [6.45, 7) is 4.35. The molecule has 3 aromatic rings. The standard InChI is InChI=1S/C29H35N3O6/c1-34-23-7-6-20-13-22(28(30-27(20)17-23)31-8-11-37-12-9-31)18-32(19-24-5-4-10-38-24)29(33)21-14-25(35-2)16-26(15-21)36-3/h6-7,13-17,24H,4-5,8-12,18-19H2,1-3H3. The second-order valence-electron chi connectivity index (χ2n) is 9.55. The van der Waals surface area contributed by atoms with Crippen molar-refractivity contribution in [2.45, 2.75) is 25.5 Å². The van der Waals surface area contributed by atoms with Crippen LogP contribution in [0.15, 0.2) is 42.5 Å². The molecular weight excluding hydrogens is 486 g/mol. The summed E-state index contributed by atoms with van der Waals surface area (Å²) in [7, 11) is 4.82. The van der Waals surface area contributed by atoms with E-state index >= 15 is 0 Å². The summed E-state index contributed by atoms with van der Waals surface area (Å²) in [5.41, 5.74) is 2.33. The highest BCUT2D eigenvalue weighted by Crippen LogP contribution is 2.30. The highest BCUT2D eigenvalue weighted by molar-refractivity contribution is 5.95. The maximum atomic E-state index is 14.0. The molecular formula is C29H35N3O6. The minimum Gasteiger partial charge on any atom is -0.497 e. The van der Waals surface area contributed by atoms with E-state index in [2.05, 4.69) is 11.0 Å². The van der Waals surface area contributed by atoms with Gasteiger partial charge in [-0.15, -0.1) is 0 Å². The zero-order valence-corrected chi connectivity index (χ0v) is 22.3. The van der Waals surface area contributed by atoms with Crippen molar-refractivity contribution in [3.05, 3.63) is 53.6 Å². The quantitative estimate of drug-likeness (QED) is 0.419. The Morgan fingerprint density at radius 2 is 1.71 bits per heavy atom. The molecule has 1 atom stereocenters. The van der Waals surface area contributed by atoms with Crippen LogP contribution in [0, 0.1) is 0 Å². The number of hydrogen-bond donors (Lipinski definition) is 0. The molecule has 2 fully saturated rings. The van der Waals surface area contributed by atoms with Gasteiger partial charge in [-0.05, 0) is 43.2 Å². The summed E-state index contributed by atoms with van der Waals surface area (Å²) < 4.78 is 27.8. The summed E-state index contributed by atoms with van der Waals surface area (Å²) in [6.07, 6.45) is 1.92. The van der Waals surface area contributed by atoms with Gasteiger partial charge >= 0.3 is 0 Å². The zero-order valence-electron chi connectivity index (χ0n) is 22.3. The summed E-state index contributed by atoms with van der Waals surface area (Å²) in [6, 6.07) is 13.3. The number of rotatable bonds is 9. The Bertz CT molecular complexity index is 1250. The molecule has 9 nitrogen and oxygen atoms in total. The van der Waals surface area contributed by atoms with E-state index in [1.807, 2.05) is 23.1 Å². The minimum atomic E-state index is -0.111. The Hall–Kier alpha value is -3.56. The third-order valence-electron chi connectivity index (χ3n) is 7.09. The minimum absolute atomic E-state index is 0.00373. The fraction of sp³-hybridized carbons (Fsp3) is 0.448. The van der Waals surface area contributed by atoms with Crippen LogP contribution in [0.1, 0.15) is 28.8 Å². The first-order chi connectivity index (χ1) is 18.6. The molecule has 3 heterocycles. The number of methoxy groups -OCH3 is 3. The van der Waals surface area contributed by atoms with Gasteiger partial charge in [0.1, 0.15) is 23.1 Å². The van der Waals surface area contributed by atoms with Gasteiger partial charge in [0.2, 0.25) is 0 Å². The molecule has 2 aliphatic heterocycles. The smallest absolute Gasteiger partial charge is 0.254 e. The molecule has 1 unspecified atom stereocenters. The lowest BCUT2D eigenvalue weighted by Crippen LogP contribution is -2.40. The van der Waals surface area contributed by atoms with Crippen molar-refractivity contribution in [2.75, 3.05) is 65.7 Å². The van der Waals surface area contributed by atoms with E-state index in [0.29, 0.717) is 43.4 Å². The van der Waals surface area contributed by atoms with E-state index in [0.717, 1.165) is 60.6 Å². The van der Waals surface area contributed by atoms with Crippen LogP contribution in [0.25, 0.3) is 10.9 Å². The average Bonchev–Trinajstić information content (AvgIpc) is 3.49. The van der Waals surface area contributed by atoms with Crippen LogP contribution in [0.5, 0.6) is 17.2 Å². The molecule has 9 heteroatoms. The molecule has 0 radical (unpaired) electrons. The maximum Gasteiger partial charge on any atom is 0.254 e. The molecule has 5 rings (SSSR count). The lowest BCUT2D eigenvalue weighted by molar-refractivity contribution is 0.0506. The average molecular weight is 522 g/mol. The van der Waals surface area contributed by atoms with Crippen LogP contribution >= 0.6 is 0 Å². The molecule has 1 aromatic heterocycles. The largest absolute Gasteiger partial charge is 0.497 e. The normalized spacial score (nSPS) is 17.4. The lowest BCUT2D eigenvalue weighted by Gasteiger charge is -2.32. The van der Waals surface area contributed by atoms with Gasteiger partial charge < -0.3 is 33.5 Å². The highest BCUT2D eigenvalue weighted by Gasteiger charge is 2.27. The number of hydrogen-bond acceptors (Lipinski definition) is 8. The molecule has 202 valence electrons. The summed E-state index contributed by atoms with van der Waals surface area (Å²) in [5.74, 6) is 2.65. The van der Waals surface area contributed by atoms with Crippen molar-refractivity contribution in [3.63, 3.8) is 0 Å². The third kappa shape index (κ3) is 5.79. The van der Waals surface area contributed by atoms with Crippen molar-refractivity contribution < 1.29 is 28.5 Å². The fourth-order valence-corrected chi connectivity index (χ4v) is 5.05. The fourth-order valence-electron chi connectivity index (χ4n) is 5.05. The molecule has 0 aliphatic carbocycles. The van der Waals surface area contributed by atoms with E-state index < -0.39 is 0 Å². The first-order valence-electron chi connectivity index (χ1n) is 13.0. The zero-order chi connectivity index (χ0) is 26.5. The van der Waals surface area contributed by atoms with Gasteiger partial charge in [-0.1, -0.05) is 0 Å². The van der Waals surface area contributed by atoms with Gasteiger partial charge in [-0.3, -0.25) is 4.79 Å². The van der Waals surface area contributed by atoms with Crippen molar-refractivity contribution in [2.24, 2.45) is 0 Å². The number of pyridine rings is 1. The molecule has 2 aliphatic rings. The number of morpholine rings is 1. The van der Waals surface area contributed by atoms with Crippen molar-refractivity contribution in [1.29, 1.82) is 0 Å². The second-order valence-corrected chi connectivity index (χ2v) is 9.55. The SMILES string of the molecule is COc1cc(OC)cc(C(=O)N(Cc2cc3ccc(OC)cc3nc2N2CCOCC2)CC2CCCO2)c1. The van der Waals surface area contributed by atoms with Gasteiger partial charge in [-0.2, -0.15) is 0 Å². The van der Waals surface area contributed by atoms with Gasteiger partial charge in [0.05, 0.1) is 46.2 Å². The predicted octanol–water partition coefficient (Wildman–Crippen LogP) is 3.92. The summed E-state index contributed by atoms with van der Waals surface area (Å²) >= 11 is 0. The van der Waals surface area contributed by atoms with E-state index in [1.54, 1.807) is 39.5 Å². The third-order valence-corrected chi connectivity index (χ3v) is 7.09. The first-order valence-corrected chi connectivity index (χ1v) is 13.0. The number of fused-ring (bicyclic) bond motifs is 1. The molecule has 0 N–H and O–H groups in total. The molecule has 2 aromatic carbocycles. The van der Waals surface area contributed by atoms with E-state index in [9.17, 15) is 4.79 Å². The molecule has 0 bridgehead atoms. The first kappa shape index (κ1) is 26.1. The number of anilines is 1. The second kappa shape index (κ2) is 11.9. The van der Waals surface area contributed by atoms with E-state index in [1.165, 1.54) is 0 Å². The van der Waals surface area contributed by atoms with E-state index in [4.69, 9.17) is 28.7 Å². The number of carbonyl (C=O) groups excluding carboxylic acids is 1. The van der Waals surface area contributed by atoms with Crippen LogP contribution in [-0.2, 0) is 16.0 Å². The molecule has 0 saturated carbocycles. The van der Waals surface area contributed by atoms with E-state index in [-0.39, 0.29) is 12.0 Å². The van der Waals surface area contributed by atoms with Crippen molar-refractivity contribution >= 4 is 22.6 Å². The van der Waals surface area contributed by atoms with Crippen LogP contribution < -0.4 is 19.1 Å². The highest BCUT2D eigenvalue weighted by atomic mass is 16.5. The number of aromatic nitrogens is 1. The number of carbonyl (C=O) groups is 1. The number of amides is 1. The predicted molar refractivity (Wildman–Crippen MR) is 145 cm³/mol. The molecule has 0 spiro atoms. The van der Waals surface area contributed by atoms with Gasteiger partial charge in [0, 0.05) is 61.4 Å². The maximum absolute atomic E-state index is 14.0. The number of ether oxygens (including phenoxy) is 5. The molecule has 2 saturated heterocycles. The Kier molecular flexibility index (Phi) is 8.14. The monoisotopic (exact) mass is 521 g/mol. The van der Waals surface area contributed by atoms with Crippen LogP contribution in [0.3, 0.4) is 0 Å². The number of nitrogens with zero attached hydrogens (tertiary/aromatic N) is 3. The summed E-state index contributed by atoms with van der Waals surface area (Å²) in [4.78, 5) is 23.2. The molecule has 38 heavy (non-hydrogen) atoms. The van der Waals surface area contributed by atoms with Crippen LogP contribution in [0.2, 0.25) is 0 Å². The van der Waals surface area contributed by atoms with Gasteiger partial charge in [-0.25, -0.2) is 4.98 Å². The van der Waals surface area contributed by atoms with Crippen molar-refractivity contribution in [3.8, 4) is 17.2 Å². The Morgan fingerprint density at radius 3 is 2.37 bits per heavy atom. The van der Waals surface area contributed by atoms with Crippen LogP contribution in [0.4, 0.5) is 5.82 Å². The lowest BCUT2D eigenvalue weighted by atomic mass is 10.1. The topological polar surface area (TPSA) is 82.6 Å². The summed E-state index contributed by atoms with van der Waals surface area (Å²) in [5, 5.41) is 0.991. The number of benzene rings is 2. The Labute approximate surface area is 223 Å². The van der Waals surface area contributed by atoms with Crippen LogP contribution in [-0.4, -0.2) is 82.7 Å². The molecule has 1 amide bonds. The Balaban J connectivity index is 1.54. The Morgan fingerprint density at radius 1 is 0.974 bits per heavy atom.